The van der Waals surface area contributed by atoms with Gasteiger partial charge in [-0.3, -0.25) is 0 Å². The van der Waals surface area contributed by atoms with Crippen molar-refractivity contribution in [3.63, 3.8) is 0 Å². The summed E-state index contributed by atoms with van der Waals surface area (Å²) < 4.78 is 0. The Kier molecular flexibility index (Phi) is 2.17. The van der Waals surface area contributed by atoms with E-state index in [1.807, 2.05) is 20.0 Å². The number of nitriles is 1. The molecule has 0 bridgehead atoms. The highest BCUT2D eigenvalue weighted by Gasteiger charge is 2.01. The number of anilines is 1. The van der Waals surface area contributed by atoms with Gasteiger partial charge < -0.3 is 10.3 Å². The zero-order valence-electron chi connectivity index (χ0n) is 6.73. The summed E-state index contributed by atoms with van der Waals surface area (Å²) in [5.74, 6) is 0.966. The fourth-order valence-electron chi connectivity index (χ4n) is 0.998. The molecule has 1 aromatic rings. The second-order valence-electron chi connectivity index (χ2n) is 2.43. The summed E-state index contributed by atoms with van der Waals surface area (Å²) in [4.78, 5) is 3.10. The van der Waals surface area contributed by atoms with Crippen LogP contribution >= 0.6 is 0 Å². The SMILES string of the molecule is CNc1cc(C)c(CC#N)[nH]1. The standard InChI is InChI=1S/C8H11N3/c1-6-5-8(10-2)11-7(6)3-4-9/h5,10-11H,3H2,1-2H3. The molecule has 0 aliphatic rings. The first kappa shape index (κ1) is 7.67. The molecular formula is C8H11N3. The Balaban J connectivity index is 2.90. The molecule has 1 aromatic heterocycles. The Morgan fingerprint density at radius 3 is 2.91 bits per heavy atom. The average Bonchev–Trinajstić information content (AvgIpc) is 2.33. The van der Waals surface area contributed by atoms with Crippen molar-refractivity contribution in [3.05, 3.63) is 17.3 Å². The quantitative estimate of drug-likeness (QED) is 0.668. The van der Waals surface area contributed by atoms with Gasteiger partial charge in [0, 0.05) is 12.7 Å². The first-order valence-electron chi connectivity index (χ1n) is 3.51. The minimum absolute atomic E-state index is 0.452. The van der Waals surface area contributed by atoms with Gasteiger partial charge in [0.05, 0.1) is 12.5 Å². The number of aryl methyl sites for hydroxylation is 1. The van der Waals surface area contributed by atoms with Gasteiger partial charge in [-0.05, 0) is 18.6 Å². The van der Waals surface area contributed by atoms with Crippen molar-refractivity contribution in [2.45, 2.75) is 13.3 Å². The summed E-state index contributed by atoms with van der Waals surface area (Å²) >= 11 is 0. The molecule has 1 rings (SSSR count). The highest BCUT2D eigenvalue weighted by atomic mass is 15.0. The smallest absolute Gasteiger partial charge is 0.103 e. The minimum atomic E-state index is 0.452. The number of hydrogen-bond donors (Lipinski definition) is 2. The van der Waals surface area contributed by atoms with E-state index in [0.717, 1.165) is 17.1 Å². The molecule has 3 heteroatoms. The minimum Gasteiger partial charge on any atom is -0.375 e. The van der Waals surface area contributed by atoms with Crippen molar-refractivity contribution in [1.82, 2.24) is 4.98 Å². The second kappa shape index (κ2) is 3.11. The van der Waals surface area contributed by atoms with Gasteiger partial charge in [-0.25, -0.2) is 0 Å². The van der Waals surface area contributed by atoms with Gasteiger partial charge in [0.25, 0.3) is 0 Å². The van der Waals surface area contributed by atoms with Crippen molar-refractivity contribution in [2.24, 2.45) is 0 Å². The van der Waals surface area contributed by atoms with Gasteiger partial charge in [-0.2, -0.15) is 5.26 Å². The largest absolute Gasteiger partial charge is 0.375 e. The molecule has 11 heavy (non-hydrogen) atoms. The van der Waals surface area contributed by atoms with Crippen molar-refractivity contribution < 1.29 is 0 Å². The molecule has 58 valence electrons. The Morgan fingerprint density at radius 1 is 1.73 bits per heavy atom. The van der Waals surface area contributed by atoms with E-state index in [-0.39, 0.29) is 0 Å². The van der Waals surface area contributed by atoms with Crippen molar-refractivity contribution >= 4 is 5.82 Å². The monoisotopic (exact) mass is 149 g/mol. The Labute approximate surface area is 66.0 Å². The topological polar surface area (TPSA) is 51.6 Å². The van der Waals surface area contributed by atoms with Gasteiger partial charge in [-0.1, -0.05) is 0 Å². The number of hydrogen-bond acceptors (Lipinski definition) is 2. The van der Waals surface area contributed by atoms with Crippen LogP contribution in [0.1, 0.15) is 11.3 Å². The van der Waals surface area contributed by atoms with E-state index in [1.54, 1.807) is 0 Å². The van der Waals surface area contributed by atoms with Crippen LogP contribution in [0, 0.1) is 18.3 Å². The third kappa shape index (κ3) is 1.53. The number of aromatic nitrogens is 1. The molecule has 3 nitrogen and oxygen atoms in total. The zero-order chi connectivity index (χ0) is 8.27. The van der Waals surface area contributed by atoms with E-state index in [9.17, 15) is 0 Å². The third-order valence-corrected chi connectivity index (χ3v) is 1.65. The maximum Gasteiger partial charge on any atom is 0.103 e. The van der Waals surface area contributed by atoms with E-state index in [4.69, 9.17) is 5.26 Å². The van der Waals surface area contributed by atoms with Crippen LogP contribution in [0.4, 0.5) is 5.82 Å². The van der Waals surface area contributed by atoms with Crippen molar-refractivity contribution in [2.75, 3.05) is 12.4 Å². The van der Waals surface area contributed by atoms with Gasteiger partial charge in [-0.15, -0.1) is 0 Å². The first-order valence-corrected chi connectivity index (χ1v) is 3.51. The molecule has 0 saturated heterocycles. The van der Waals surface area contributed by atoms with Crippen LogP contribution in [0.2, 0.25) is 0 Å². The highest BCUT2D eigenvalue weighted by molar-refractivity contribution is 5.42. The Bertz CT molecular complexity index is 280. The molecule has 0 amide bonds. The zero-order valence-corrected chi connectivity index (χ0v) is 6.73. The van der Waals surface area contributed by atoms with Gasteiger partial charge in [0.2, 0.25) is 0 Å². The third-order valence-electron chi connectivity index (χ3n) is 1.65. The number of H-pyrrole nitrogens is 1. The average molecular weight is 149 g/mol. The lowest BCUT2D eigenvalue weighted by Gasteiger charge is -1.91. The molecule has 0 fully saturated rings. The van der Waals surface area contributed by atoms with Crippen LogP contribution in [-0.4, -0.2) is 12.0 Å². The van der Waals surface area contributed by atoms with Crippen LogP contribution < -0.4 is 5.32 Å². The van der Waals surface area contributed by atoms with Crippen LogP contribution in [0.5, 0.6) is 0 Å². The second-order valence-corrected chi connectivity index (χ2v) is 2.43. The lowest BCUT2D eigenvalue weighted by molar-refractivity contribution is 1.13. The van der Waals surface area contributed by atoms with E-state index >= 15 is 0 Å². The molecule has 0 spiro atoms. The van der Waals surface area contributed by atoms with Gasteiger partial charge >= 0.3 is 0 Å². The predicted molar refractivity (Wildman–Crippen MR) is 44.4 cm³/mol. The molecule has 2 N–H and O–H groups in total. The van der Waals surface area contributed by atoms with Crippen LogP contribution in [-0.2, 0) is 6.42 Å². The molecule has 0 aliphatic carbocycles. The maximum atomic E-state index is 8.44. The first-order chi connectivity index (χ1) is 5.27. The molecule has 1 heterocycles. The summed E-state index contributed by atoms with van der Waals surface area (Å²) in [5, 5.41) is 11.4. The number of aromatic amines is 1. The summed E-state index contributed by atoms with van der Waals surface area (Å²) in [5.41, 5.74) is 2.13. The summed E-state index contributed by atoms with van der Waals surface area (Å²) in [6.07, 6.45) is 0.452. The highest BCUT2D eigenvalue weighted by Crippen LogP contribution is 2.13. The van der Waals surface area contributed by atoms with Gasteiger partial charge in [0.1, 0.15) is 5.82 Å². The van der Waals surface area contributed by atoms with Crippen LogP contribution in [0.3, 0.4) is 0 Å². The van der Waals surface area contributed by atoms with Crippen LogP contribution in [0.15, 0.2) is 6.07 Å². The normalized spacial score (nSPS) is 9.18. The molecule has 0 saturated carbocycles. The number of rotatable bonds is 2. The van der Waals surface area contributed by atoms with E-state index in [2.05, 4.69) is 16.4 Å². The van der Waals surface area contributed by atoms with Crippen molar-refractivity contribution in [1.29, 1.82) is 5.26 Å². The summed E-state index contributed by atoms with van der Waals surface area (Å²) in [7, 11) is 1.85. The molecule has 0 aliphatic heterocycles. The lowest BCUT2D eigenvalue weighted by atomic mass is 10.2. The molecule has 0 unspecified atom stereocenters. The van der Waals surface area contributed by atoms with Crippen molar-refractivity contribution in [3.8, 4) is 6.07 Å². The molecule has 0 atom stereocenters. The summed E-state index contributed by atoms with van der Waals surface area (Å²) in [6.45, 7) is 1.99. The molecule has 0 aromatic carbocycles. The van der Waals surface area contributed by atoms with Gasteiger partial charge in [0.15, 0.2) is 0 Å². The van der Waals surface area contributed by atoms with Crippen LogP contribution in [0.25, 0.3) is 0 Å². The molecule has 0 radical (unpaired) electrons. The van der Waals surface area contributed by atoms with E-state index in [0.29, 0.717) is 6.42 Å². The Morgan fingerprint density at radius 2 is 2.45 bits per heavy atom. The summed E-state index contributed by atoms with van der Waals surface area (Å²) in [6, 6.07) is 4.10. The fourth-order valence-corrected chi connectivity index (χ4v) is 0.998. The lowest BCUT2D eigenvalue weighted by Crippen LogP contribution is -1.88. The van der Waals surface area contributed by atoms with E-state index < -0.39 is 0 Å². The molecular weight excluding hydrogens is 138 g/mol. The predicted octanol–water partition coefficient (Wildman–Crippen LogP) is 1.43. The van der Waals surface area contributed by atoms with E-state index in [1.165, 1.54) is 0 Å². The fraction of sp³-hybridized carbons (Fsp3) is 0.375. The number of nitrogens with one attached hydrogen (secondary N) is 2. The number of nitrogens with zero attached hydrogens (tertiary/aromatic N) is 1. The maximum absolute atomic E-state index is 8.44. The Hall–Kier alpha value is -1.43.